The summed E-state index contributed by atoms with van der Waals surface area (Å²) < 4.78 is 37.3. The van der Waals surface area contributed by atoms with E-state index < -0.39 is 17.9 Å². The third kappa shape index (κ3) is 7.23. The van der Waals surface area contributed by atoms with Gasteiger partial charge in [0.25, 0.3) is 0 Å². The van der Waals surface area contributed by atoms with E-state index in [1.165, 1.54) is 43.0 Å². The number of hydrogen-bond acceptors (Lipinski definition) is 10. The molecule has 10 nitrogen and oxygen atoms in total. The second-order valence-electron chi connectivity index (χ2n) is 11.4. The van der Waals surface area contributed by atoms with Gasteiger partial charge in [-0.15, -0.1) is 11.3 Å². The molecule has 1 aliphatic rings. The fourth-order valence-electron chi connectivity index (χ4n) is 5.66. The molecule has 1 fully saturated rings. The molecule has 6 rings (SSSR count). The monoisotopic (exact) mass is 714 g/mol. The zero-order chi connectivity index (χ0) is 33.9. The number of thiophene rings is 1. The van der Waals surface area contributed by atoms with Crippen molar-refractivity contribution < 1.29 is 32.9 Å². The van der Waals surface area contributed by atoms with Gasteiger partial charge < -0.3 is 28.6 Å². The molecule has 14 heteroatoms. The Morgan fingerprint density at radius 2 is 1.90 bits per heavy atom. The maximum atomic E-state index is 13.9. The number of ether oxygens (including phenoxy) is 3. The van der Waals surface area contributed by atoms with E-state index in [2.05, 4.69) is 26.8 Å². The topological polar surface area (TPSA) is 110 Å². The van der Waals surface area contributed by atoms with Gasteiger partial charge in [-0.3, -0.25) is 4.90 Å². The second-order valence-corrected chi connectivity index (χ2v) is 13.2. The molecule has 1 saturated heterocycles. The standard InChI is InChI=1S/C34H33Cl2FN4O6S/c1-19-22(6-7-23(30(19)36)45-15-14-41-12-10-40(2)11-13-41)28-29-32(38-18-39-33(29)48-31(28)24-8-9-27(35)46-24)47-26(34(42)43)16-20-4-5-21(37)17-25(20)44-3/h4-9,17-18,26H,10-16H2,1-3H3,(H,42,43). The SMILES string of the molecule is COc1cc(F)ccc1CC(Oc1ncnc2sc(-c3ccc(Cl)o3)c(-c3ccc(OCCN4CCN(C)CC4)c(Cl)c3C)c12)C(=O)O. The number of benzene rings is 2. The number of methoxy groups -OCH3 is 1. The smallest absolute Gasteiger partial charge is 0.345 e. The number of nitrogens with zero attached hydrogens (tertiary/aromatic N) is 4. The summed E-state index contributed by atoms with van der Waals surface area (Å²) >= 11 is 14.4. The normalized spacial score (nSPS) is 14.7. The first-order chi connectivity index (χ1) is 23.1. The molecular formula is C34H33Cl2FN4O6S. The van der Waals surface area contributed by atoms with Crippen LogP contribution < -0.4 is 14.2 Å². The van der Waals surface area contributed by atoms with Crippen LogP contribution in [0.2, 0.25) is 10.2 Å². The van der Waals surface area contributed by atoms with Crippen molar-refractivity contribution >= 4 is 50.7 Å². The van der Waals surface area contributed by atoms with Gasteiger partial charge >= 0.3 is 5.97 Å². The Morgan fingerprint density at radius 3 is 2.60 bits per heavy atom. The summed E-state index contributed by atoms with van der Waals surface area (Å²) in [6.07, 6.45) is -0.196. The fraction of sp³-hybridized carbons (Fsp3) is 0.324. The number of hydrogen-bond donors (Lipinski definition) is 1. The van der Waals surface area contributed by atoms with Crippen molar-refractivity contribution in [3.05, 3.63) is 76.0 Å². The third-order valence-corrected chi connectivity index (χ3v) is 10.1. The molecule has 0 bridgehead atoms. The molecule has 0 amide bonds. The lowest BCUT2D eigenvalue weighted by molar-refractivity contribution is -0.145. The van der Waals surface area contributed by atoms with Gasteiger partial charge in [0.15, 0.2) is 5.22 Å². The molecule has 48 heavy (non-hydrogen) atoms. The maximum Gasteiger partial charge on any atom is 0.345 e. The first-order valence-electron chi connectivity index (χ1n) is 15.2. The van der Waals surface area contributed by atoms with Crippen LogP contribution in [0.15, 0.2) is 53.2 Å². The summed E-state index contributed by atoms with van der Waals surface area (Å²) in [7, 11) is 3.51. The summed E-state index contributed by atoms with van der Waals surface area (Å²) in [5.41, 5.74) is 2.56. The zero-order valence-corrected chi connectivity index (χ0v) is 28.8. The lowest BCUT2D eigenvalue weighted by atomic mass is 9.97. The maximum absolute atomic E-state index is 13.9. The van der Waals surface area contributed by atoms with Crippen LogP contribution in [0, 0.1) is 12.7 Å². The van der Waals surface area contributed by atoms with Crippen LogP contribution in [-0.2, 0) is 11.2 Å². The minimum absolute atomic E-state index is 0.0478. The molecule has 0 saturated carbocycles. The Balaban J connectivity index is 1.38. The molecular weight excluding hydrogens is 682 g/mol. The molecule has 2 aromatic carbocycles. The van der Waals surface area contributed by atoms with Crippen LogP contribution in [0.1, 0.15) is 11.1 Å². The van der Waals surface area contributed by atoms with E-state index in [1.807, 2.05) is 19.1 Å². The van der Waals surface area contributed by atoms with Crippen LogP contribution in [0.3, 0.4) is 0 Å². The lowest BCUT2D eigenvalue weighted by Crippen LogP contribution is -2.45. The van der Waals surface area contributed by atoms with Crippen LogP contribution in [-0.4, -0.2) is 90.4 Å². The molecule has 1 unspecified atom stereocenters. The zero-order valence-electron chi connectivity index (χ0n) is 26.5. The molecule has 3 aromatic heterocycles. The van der Waals surface area contributed by atoms with E-state index in [1.54, 1.807) is 12.1 Å². The number of carboxylic acids is 1. The first kappa shape index (κ1) is 33.9. The Kier molecular flexibility index (Phi) is 10.4. The molecule has 0 radical (unpaired) electrons. The van der Waals surface area contributed by atoms with Gasteiger partial charge in [-0.25, -0.2) is 19.2 Å². The number of fused-ring (bicyclic) bond motifs is 1. The highest BCUT2D eigenvalue weighted by Gasteiger charge is 2.29. The van der Waals surface area contributed by atoms with Gasteiger partial charge in [-0.1, -0.05) is 23.7 Å². The van der Waals surface area contributed by atoms with Gasteiger partial charge in [0.2, 0.25) is 12.0 Å². The molecule has 252 valence electrons. The highest BCUT2D eigenvalue weighted by atomic mass is 35.5. The predicted molar refractivity (Wildman–Crippen MR) is 183 cm³/mol. The minimum atomic E-state index is -1.39. The number of furan rings is 1. The van der Waals surface area contributed by atoms with Gasteiger partial charge in [0, 0.05) is 50.8 Å². The minimum Gasteiger partial charge on any atom is -0.496 e. The molecule has 0 spiro atoms. The summed E-state index contributed by atoms with van der Waals surface area (Å²) in [6.45, 7) is 7.19. The molecule has 1 N–H and O–H groups in total. The Morgan fingerprint density at radius 1 is 1.10 bits per heavy atom. The Bertz CT molecular complexity index is 1940. The quantitative estimate of drug-likeness (QED) is 0.144. The largest absolute Gasteiger partial charge is 0.496 e. The van der Waals surface area contributed by atoms with Crippen molar-refractivity contribution in [2.75, 3.05) is 53.5 Å². The van der Waals surface area contributed by atoms with Crippen LogP contribution in [0.4, 0.5) is 4.39 Å². The van der Waals surface area contributed by atoms with E-state index in [9.17, 15) is 14.3 Å². The summed E-state index contributed by atoms with van der Waals surface area (Å²) in [5, 5.41) is 11.3. The number of aliphatic carboxylic acids is 1. The lowest BCUT2D eigenvalue weighted by Gasteiger charge is -2.32. The average molecular weight is 716 g/mol. The Labute approximate surface area is 290 Å². The van der Waals surface area contributed by atoms with Gasteiger partial charge in [0.1, 0.15) is 40.8 Å². The van der Waals surface area contributed by atoms with Gasteiger partial charge in [0.05, 0.1) is 22.4 Å². The number of likely N-dealkylation sites (N-methyl/N-ethyl adjacent to an activating group) is 1. The van der Waals surface area contributed by atoms with Crippen LogP contribution in [0.25, 0.3) is 32.0 Å². The van der Waals surface area contributed by atoms with E-state index in [4.69, 9.17) is 41.8 Å². The van der Waals surface area contributed by atoms with Gasteiger partial charge in [-0.2, -0.15) is 0 Å². The molecule has 5 aromatic rings. The van der Waals surface area contributed by atoms with Crippen molar-refractivity contribution in [1.82, 2.24) is 19.8 Å². The van der Waals surface area contributed by atoms with E-state index in [0.717, 1.165) is 43.9 Å². The van der Waals surface area contributed by atoms with Crippen molar-refractivity contribution in [1.29, 1.82) is 0 Å². The third-order valence-electron chi connectivity index (χ3n) is 8.32. The number of halogens is 3. The Hall–Kier alpha value is -3.94. The van der Waals surface area contributed by atoms with Crippen molar-refractivity contribution in [3.63, 3.8) is 0 Å². The molecule has 1 atom stereocenters. The number of carboxylic acid groups (broad SMARTS) is 1. The van der Waals surface area contributed by atoms with E-state index in [0.29, 0.717) is 49.4 Å². The van der Waals surface area contributed by atoms with Crippen LogP contribution in [0.5, 0.6) is 17.4 Å². The highest BCUT2D eigenvalue weighted by Crippen LogP contribution is 2.50. The van der Waals surface area contributed by atoms with Gasteiger partial charge in [-0.05, 0) is 66.5 Å². The van der Waals surface area contributed by atoms with Crippen molar-refractivity contribution in [3.8, 4) is 39.1 Å². The summed E-state index contributed by atoms with van der Waals surface area (Å²) in [5.74, 6) is -0.442. The first-order valence-corrected chi connectivity index (χ1v) is 16.8. The van der Waals surface area contributed by atoms with Crippen molar-refractivity contribution in [2.45, 2.75) is 19.4 Å². The molecule has 1 aliphatic heterocycles. The predicted octanol–water partition coefficient (Wildman–Crippen LogP) is 7.08. The molecule has 0 aliphatic carbocycles. The number of rotatable bonds is 12. The van der Waals surface area contributed by atoms with E-state index in [-0.39, 0.29) is 23.3 Å². The summed E-state index contributed by atoms with van der Waals surface area (Å²) in [4.78, 5) is 27.2. The number of piperazine rings is 1. The number of carbonyl (C=O) groups is 1. The average Bonchev–Trinajstić information content (AvgIpc) is 3.68. The van der Waals surface area contributed by atoms with Crippen molar-refractivity contribution in [2.24, 2.45) is 0 Å². The number of aromatic nitrogens is 2. The molecule has 4 heterocycles. The fourth-order valence-corrected chi connectivity index (χ4v) is 7.14. The second kappa shape index (κ2) is 14.7. The summed E-state index contributed by atoms with van der Waals surface area (Å²) in [6, 6.07) is 11.0. The van der Waals surface area contributed by atoms with E-state index >= 15 is 0 Å². The van der Waals surface area contributed by atoms with Crippen LogP contribution >= 0.6 is 34.5 Å². The highest BCUT2D eigenvalue weighted by molar-refractivity contribution is 7.22.